The van der Waals surface area contributed by atoms with Gasteiger partial charge in [-0.25, -0.2) is 13.2 Å². The topological polar surface area (TPSA) is 97.1 Å². The molecule has 1 amide bonds. The fourth-order valence-electron chi connectivity index (χ4n) is 2.86. The molecule has 3 aromatic rings. The van der Waals surface area contributed by atoms with Crippen LogP contribution >= 0.6 is 11.6 Å². The molecule has 0 aliphatic rings. The van der Waals surface area contributed by atoms with Gasteiger partial charge in [0.05, 0.1) is 17.6 Å². The van der Waals surface area contributed by atoms with Crippen molar-refractivity contribution in [3.8, 4) is 16.9 Å². The van der Waals surface area contributed by atoms with Crippen molar-refractivity contribution in [3.05, 3.63) is 75.8 Å². The standard InChI is InChI=1S/C21H18ClF3N4O3/c1-21(32,11-23)17(18(24)25)27-19(30)15-9-16(12-4-6-13(22)7-5-12)28-29(20(15)31)14-3-2-8-26-10-14/h2-10,17-18,32H,11H2,1H3,(H,27,30)/t17-,21?/m0/s1. The molecule has 168 valence electrons. The van der Waals surface area contributed by atoms with Crippen molar-refractivity contribution in [2.45, 2.75) is 25.0 Å². The van der Waals surface area contributed by atoms with Gasteiger partial charge in [0.15, 0.2) is 0 Å². The van der Waals surface area contributed by atoms with Gasteiger partial charge in [-0.05, 0) is 37.3 Å². The zero-order chi connectivity index (χ0) is 23.5. The van der Waals surface area contributed by atoms with Crippen molar-refractivity contribution < 1.29 is 23.1 Å². The Hall–Kier alpha value is -3.24. The SMILES string of the molecule is CC(O)(CF)[C@@H](NC(=O)c1cc(-c2ccc(Cl)cc2)nn(-c2cccnc2)c1=O)C(F)F. The molecule has 0 fully saturated rings. The predicted molar refractivity (Wildman–Crippen MR) is 112 cm³/mol. The van der Waals surface area contributed by atoms with E-state index in [0.29, 0.717) is 10.6 Å². The Balaban J connectivity index is 2.14. The smallest absolute Gasteiger partial charge is 0.284 e. The van der Waals surface area contributed by atoms with E-state index < -0.39 is 41.8 Å². The average molecular weight is 467 g/mol. The van der Waals surface area contributed by atoms with E-state index in [0.717, 1.165) is 17.7 Å². The molecule has 1 unspecified atom stereocenters. The van der Waals surface area contributed by atoms with Crippen LogP contribution < -0.4 is 10.9 Å². The summed E-state index contributed by atoms with van der Waals surface area (Å²) >= 11 is 5.90. The Morgan fingerprint density at radius 1 is 1.28 bits per heavy atom. The van der Waals surface area contributed by atoms with Gasteiger partial charge in [-0.3, -0.25) is 14.6 Å². The summed E-state index contributed by atoms with van der Waals surface area (Å²) in [5, 5.41) is 16.5. The molecular weight excluding hydrogens is 449 g/mol. The van der Waals surface area contributed by atoms with E-state index in [9.17, 15) is 27.9 Å². The number of alkyl halides is 3. The number of carbonyl (C=O) groups is 1. The molecule has 0 radical (unpaired) electrons. The van der Waals surface area contributed by atoms with Gasteiger partial charge in [-0.1, -0.05) is 23.7 Å². The average Bonchev–Trinajstić information content (AvgIpc) is 2.78. The normalized spacial score (nSPS) is 14.1. The minimum atomic E-state index is -3.29. The summed E-state index contributed by atoms with van der Waals surface area (Å²) in [5.41, 5.74) is -3.11. The molecule has 2 atom stereocenters. The van der Waals surface area contributed by atoms with Gasteiger partial charge in [-0.2, -0.15) is 9.78 Å². The third kappa shape index (κ3) is 4.97. The lowest BCUT2D eigenvalue weighted by Gasteiger charge is -2.30. The molecule has 2 heterocycles. The van der Waals surface area contributed by atoms with Crippen molar-refractivity contribution in [2.75, 3.05) is 6.67 Å². The van der Waals surface area contributed by atoms with Crippen LogP contribution in [0, 0.1) is 0 Å². The molecule has 1 aromatic carbocycles. The Morgan fingerprint density at radius 3 is 2.53 bits per heavy atom. The third-order valence-corrected chi connectivity index (χ3v) is 4.92. The zero-order valence-electron chi connectivity index (χ0n) is 16.7. The molecule has 2 aromatic heterocycles. The van der Waals surface area contributed by atoms with Gasteiger partial charge in [0.2, 0.25) is 0 Å². The molecule has 0 spiro atoms. The first-order chi connectivity index (χ1) is 15.1. The molecule has 11 heteroatoms. The number of carbonyl (C=O) groups excluding carboxylic acids is 1. The maximum Gasteiger partial charge on any atom is 0.284 e. The van der Waals surface area contributed by atoms with Crippen LogP contribution in [-0.4, -0.2) is 50.5 Å². The van der Waals surface area contributed by atoms with E-state index in [-0.39, 0.29) is 11.4 Å². The maximum absolute atomic E-state index is 13.4. The molecule has 0 aliphatic carbocycles. The van der Waals surface area contributed by atoms with Crippen molar-refractivity contribution in [1.29, 1.82) is 0 Å². The third-order valence-electron chi connectivity index (χ3n) is 4.67. The van der Waals surface area contributed by atoms with Gasteiger partial charge in [0, 0.05) is 16.8 Å². The highest BCUT2D eigenvalue weighted by atomic mass is 35.5. The fourth-order valence-corrected chi connectivity index (χ4v) is 2.99. The van der Waals surface area contributed by atoms with Crippen molar-refractivity contribution in [3.63, 3.8) is 0 Å². The van der Waals surface area contributed by atoms with Crippen LogP contribution in [0.15, 0.2) is 59.7 Å². The first-order valence-corrected chi connectivity index (χ1v) is 9.70. The molecule has 0 saturated heterocycles. The molecular formula is C21H18ClF3N4O3. The van der Waals surface area contributed by atoms with Crippen molar-refractivity contribution in [2.24, 2.45) is 0 Å². The van der Waals surface area contributed by atoms with Gasteiger partial charge in [0.25, 0.3) is 17.9 Å². The van der Waals surface area contributed by atoms with Crippen LogP contribution in [0.1, 0.15) is 17.3 Å². The van der Waals surface area contributed by atoms with Gasteiger partial charge in [0.1, 0.15) is 23.9 Å². The van der Waals surface area contributed by atoms with Crippen LogP contribution in [0.25, 0.3) is 16.9 Å². The fraction of sp³-hybridized carbons (Fsp3) is 0.238. The zero-order valence-corrected chi connectivity index (χ0v) is 17.4. The second-order valence-electron chi connectivity index (χ2n) is 7.15. The van der Waals surface area contributed by atoms with Crippen LogP contribution in [-0.2, 0) is 0 Å². The molecule has 3 rings (SSSR count). The lowest BCUT2D eigenvalue weighted by atomic mass is 9.98. The Labute approximate surface area is 185 Å². The van der Waals surface area contributed by atoms with Crippen LogP contribution in [0.3, 0.4) is 0 Å². The number of benzene rings is 1. The molecule has 0 saturated carbocycles. The maximum atomic E-state index is 13.4. The Bertz CT molecular complexity index is 1160. The molecule has 0 aliphatic heterocycles. The van der Waals surface area contributed by atoms with Crippen LogP contribution in [0.2, 0.25) is 5.02 Å². The Morgan fingerprint density at radius 2 is 1.97 bits per heavy atom. The summed E-state index contributed by atoms with van der Waals surface area (Å²) < 4.78 is 40.8. The van der Waals surface area contributed by atoms with E-state index in [1.165, 1.54) is 18.5 Å². The summed E-state index contributed by atoms with van der Waals surface area (Å²) in [6.45, 7) is -0.710. The molecule has 2 N–H and O–H groups in total. The monoisotopic (exact) mass is 466 g/mol. The minimum Gasteiger partial charge on any atom is -0.385 e. The predicted octanol–water partition coefficient (Wildman–Crippen LogP) is 3.03. The quantitative estimate of drug-likeness (QED) is 0.558. The molecule has 7 nitrogen and oxygen atoms in total. The van der Waals surface area contributed by atoms with E-state index >= 15 is 0 Å². The van der Waals surface area contributed by atoms with Crippen molar-refractivity contribution >= 4 is 17.5 Å². The number of aliphatic hydroxyl groups is 1. The Kier molecular flexibility index (Phi) is 6.95. The van der Waals surface area contributed by atoms with E-state index in [2.05, 4.69) is 10.1 Å². The molecule has 0 bridgehead atoms. The first-order valence-electron chi connectivity index (χ1n) is 9.32. The number of halogens is 4. The number of aromatic nitrogens is 3. The highest BCUT2D eigenvalue weighted by Gasteiger charge is 2.40. The van der Waals surface area contributed by atoms with Crippen LogP contribution in [0.4, 0.5) is 13.2 Å². The summed E-state index contributed by atoms with van der Waals surface area (Å²) in [6, 6.07) is 8.28. The minimum absolute atomic E-state index is 0.168. The van der Waals surface area contributed by atoms with Gasteiger partial charge in [-0.15, -0.1) is 0 Å². The second kappa shape index (κ2) is 9.49. The number of nitrogens with one attached hydrogen (secondary N) is 1. The lowest BCUT2D eigenvalue weighted by molar-refractivity contribution is -0.0567. The highest BCUT2D eigenvalue weighted by Crippen LogP contribution is 2.21. The number of hydrogen-bond donors (Lipinski definition) is 2. The summed E-state index contributed by atoms with van der Waals surface area (Å²) in [5.74, 6) is -1.22. The van der Waals surface area contributed by atoms with Gasteiger partial charge >= 0.3 is 0 Å². The number of nitrogens with zero attached hydrogens (tertiary/aromatic N) is 3. The number of amides is 1. The van der Waals surface area contributed by atoms with E-state index in [4.69, 9.17) is 11.6 Å². The highest BCUT2D eigenvalue weighted by molar-refractivity contribution is 6.30. The summed E-state index contributed by atoms with van der Waals surface area (Å²) in [6.07, 6.45) is -0.488. The summed E-state index contributed by atoms with van der Waals surface area (Å²) in [7, 11) is 0. The number of rotatable bonds is 7. The lowest BCUT2D eigenvalue weighted by Crippen LogP contribution is -2.57. The largest absolute Gasteiger partial charge is 0.385 e. The first kappa shape index (κ1) is 23.4. The van der Waals surface area contributed by atoms with Crippen LogP contribution in [0.5, 0.6) is 0 Å². The molecule has 32 heavy (non-hydrogen) atoms. The number of pyridine rings is 1. The number of hydrogen-bond acceptors (Lipinski definition) is 5. The summed E-state index contributed by atoms with van der Waals surface area (Å²) in [4.78, 5) is 29.7. The van der Waals surface area contributed by atoms with E-state index in [1.807, 2.05) is 5.32 Å². The van der Waals surface area contributed by atoms with Crippen molar-refractivity contribution in [1.82, 2.24) is 20.1 Å². The van der Waals surface area contributed by atoms with E-state index in [1.54, 1.807) is 30.3 Å². The second-order valence-corrected chi connectivity index (χ2v) is 7.59. The van der Waals surface area contributed by atoms with Gasteiger partial charge < -0.3 is 10.4 Å².